The summed E-state index contributed by atoms with van der Waals surface area (Å²) in [5.41, 5.74) is 10.1. The van der Waals surface area contributed by atoms with Crippen molar-refractivity contribution in [1.29, 1.82) is 0 Å². The van der Waals surface area contributed by atoms with Gasteiger partial charge in [0.05, 0.1) is 18.0 Å². The molecule has 36 heavy (non-hydrogen) atoms. The molecular formula is C28H29N5O3. The largest absolute Gasteiger partial charge is 0.478 e. The fourth-order valence-corrected chi connectivity index (χ4v) is 3.74. The summed E-state index contributed by atoms with van der Waals surface area (Å²) in [6, 6.07) is 22.3. The number of ether oxygens (including phenoxy) is 1. The van der Waals surface area contributed by atoms with Crippen molar-refractivity contribution in [3.63, 3.8) is 0 Å². The van der Waals surface area contributed by atoms with Gasteiger partial charge >= 0.3 is 0 Å². The van der Waals surface area contributed by atoms with Crippen molar-refractivity contribution in [2.75, 3.05) is 6.61 Å². The Balaban J connectivity index is 1.37. The molecule has 0 unspecified atom stereocenters. The van der Waals surface area contributed by atoms with Gasteiger partial charge in [0.25, 0.3) is 0 Å². The minimum absolute atomic E-state index is 0.201. The van der Waals surface area contributed by atoms with Crippen LogP contribution in [0.3, 0.4) is 0 Å². The van der Waals surface area contributed by atoms with Crippen molar-refractivity contribution >= 4 is 11.8 Å². The minimum Gasteiger partial charge on any atom is -0.478 e. The van der Waals surface area contributed by atoms with E-state index in [2.05, 4.69) is 10.3 Å². The van der Waals surface area contributed by atoms with Gasteiger partial charge in [-0.05, 0) is 43.2 Å². The Morgan fingerprint density at radius 2 is 1.83 bits per heavy atom. The summed E-state index contributed by atoms with van der Waals surface area (Å²) in [6.07, 6.45) is 4.48. The van der Waals surface area contributed by atoms with Crippen LogP contribution in [0, 0.1) is 6.92 Å². The van der Waals surface area contributed by atoms with Crippen molar-refractivity contribution in [3.05, 3.63) is 96.3 Å². The van der Waals surface area contributed by atoms with Crippen LogP contribution in [0.1, 0.15) is 24.0 Å². The highest BCUT2D eigenvalue weighted by Crippen LogP contribution is 2.26. The SMILES string of the molecule is Cc1ccc(-n2nc(-c3cccnc3)cc2OCCCC(=O)N[C@@H](Cc2ccccc2)C(N)=O)cc1. The van der Waals surface area contributed by atoms with Crippen LogP contribution in [0.5, 0.6) is 5.88 Å². The zero-order valence-electron chi connectivity index (χ0n) is 20.1. The quantitative estimate of drug-likeness (QED) is 0.317. The summed E-state index contributed by atoms with van der Waals surface area (Å²) in [4.78, 5) is 28.5. The maximum atomic E-state index is 12.5. The number of carbonyl (C=O) groups is 2. The summed E-state index contributed by atoms with van der Waals surface area (Å²) in [7, 11) is 0. The van der Waals surface area contributed by atoms with Crippen LogP contribution in [0.2, 0.25) is 0 Å². The van der Waals surface area contributed by atoms with E-state index in [0.717, 1.165) is 28.1 Å². The highest BCUT2D eigenvalue weighted by molar-refractivity contribution is 5.86. The Hall–Kier alpha value is -4.46. The number of hydrogen-bond acceptors (Lipinski definition) is 5. The number of aryl methyl sites for hydroxylation is 1. The topological polar surface area (TPSA) is 112 Å². The fourth-order valence-electron chi connectivity index (χ4n) is 3.74. The Kier molecular flexibility index (Phi) is 8.08. The average Bonchev–Trinajstić information content (AvgIpc) is 3.32. The smallest absolute Gasteiger partial charge is 0.240 e. The molecule has 0 fully saturated rings. The van der Waals surface area contributed by atoms with Gasteiger partial charge in [0.2, 0.25) is 17.7 Å². The number of nitrogens with zero attached hydrogens (tertiary/aromatic N) is 3. The molecule has 0 radical (unpaired) electrons. The maximum absolute atomic E-state index is 12.5. The summed E-state index contributed by atoms with van der Waals surface area (Å²) >= 11 is 0. The molecule has 4 rings (SSSR count). The molecule has 8 heteroatoms. The minimum atomic E-state index is -0.758. The molecule has 184 valence electrons. The van der Waals surface area contributed by atoms with E-state index in [9.17, 15) is 9.59 Å². The van der Waals surface area contributed by atoms with Crippen molar-refractivity contribution in [3.8, 4) is 22.8 Å². The van der Waals surface area contributed by atoms with Gasteiger partial charge in [-0.3, -0.25) is 14.6 Å². The first-order chi connectivity index (χ1) is 17.5. The Morgan fingerprint density at radius 3 is 2.53 bits per heavy atom. The zero-order chi connectivity index (χ0) is 25.3. The number of pyridine rings is 1. The third-order valence-corrected chi connectivity index (χ3v) is 5.67. The van der Waals surface area contributed by atoms with Crippen molar-refractivity contribution < 1.29 is 14.3 Å². The number of primary amides is 1. The number of aromatic nitrogens is 3. The molecule has 2 aromatic heterocycles. The van der Waals surface area contributed by atoms with Crippen LogP contribution < -0.4 is 15.8 Å². The number of nitrogens with one attached hydrogen (secondary N) is 1. The van der Waals surface area contributed by atoms with Gasteiger partial charge in [-0.1, -0.05) is 48.0 Å². The third kappa shape index (κ3) is 6.56. The van der Waals surface area contributed by atoms with Crippen molar-refractivity contribution in [1.82, 2.24) is 20.1 Å². The first kappa shape index (κ1) is 24.7. The lowest BCUT2D eigenvalue weighted by molar-refractivity contribution is -0.127. The molecule has 1 atom stereocenters. The summed E-state index contributed by atoms with van der Waals surface area (Å²) < 4.78 is 7.77. The zero-order valence-corrected chi connectivity index (χ0v) is 20.1. The molecule has 2 heterocycles. The Labute approximate surface area is 210 Å². The Morgan fingerprint density at radius 1 is 1.06 bits per heavy atom. The molecule has 0 aliphatic carbocycles. The number of rotatable bonds is 11. The Bertz CT molecular complexity index is 1290. The number of amides is 2. The molecule has 0 saturated heterocycles. The van der Waals surface area contributed by atoms with Crippen molar-refractivity contribution in [2.45, 2.75) is 32.2 Å². The van der Waals surface area contributed by atoms with E-state index < -0.39 is 11.9 Å². The molecule has 8 nitrogen and oxygen atoms in total. The molecular weight excluding hydrogens is 454 g/mol. The van der Waals surface area contributed by atoms with E-state index in [1.54, 1.807) is 17.1 Å². The van der Waals surface area contributed by atoms with E-state index in [1.807, 2.05) is 79.7 Å². The van der Waals surface area contributed by atoms with Gasteiger partial charge in [0.1, 0.15) is 6.04 Å². The van der Waals surface area contributed by atoms with Crippen molar-refractivity contribution in [2.24, 2.45) is 5.73 Å². The van der Waals surface area contributed by atoms with Crippen LogP contribution in [-0.2, 0) is 16.0 Å². The molecule has 0 spiro atoms. The number of benzene rings is 2. The van der Waals surface area contributed by atoms with Gasteiger partial charge in [-0.15, -0.1) is 0 Å². The van der Waals surface area contributed by atoms with E-state index >= 15 is 0 Å². The highest BCUT2D eigenvalue weighted by Gasteiger charge is 2.19. The number of carbonyl (C=O) groups excluding carboxylic acids is 2. The van der Waals surface area contributed by atoms with Crippen LogP contribution in [0.15, 0.2) is 85.2 Å². The van der Waals surface area contributed by atoms with Crippen LogP contribution >= 0.6 is 0 Å². The monoisotopic (exact) mass is 483 g/mol. The van der Waals surface area contributed by atoms with Crippen LogP contribution in [0.4, 0.5) is 0 Å². The molecule has 0 bridgehead atoms. The molecule has 4 aromatic rings. The van der Waals surface area contributed by atoms with E-state index in [1.165, 1.54) is 0 Å². The lowest BCUT2D eigenvalue weighted by Crippen LogP contribution is -2.45. The third-order valence-electron chi connectivity index (χ3n) is 5.67. The maximum Gasteiger partial charge on any atom is 0.240 e. The van der Waals surface area contributed by atoms with Gasteiger partial charge in [0, 0.05) is 36.9 Å². The van der Waals surface area contributed by atoms with E-state index in [4.69, 9.17) is 15.6 Å². The second-order valence-corrected chi connectivity index (χ2v) is 8.52. The molecule has 2 amide bonds. The van der Waals surface area contributed by atoms with Gasteiger partial charge in [-0.25, -0.2) is 4.68 Å². The number of hydrogen-bond donors (Lipinski definition) is 2. The van der Waals surface area contributed by atoms with Gasteiger partial charge in [-0.2, -0.15) is 5.10 Å². The fraction of sp³-hybridized carbons (Fsp3) is 0.214. The van der Waals surface area contributed by atoms with Gasteiger partial charge in [0.15, 0.2) is 0 Å². The molecule has 2 aromatic carbocycles. The molecule has 0 aliphatic rings. The average molecular weight is 484 g/mol. The van der Waals surface area contributed by atoms with Gasteiger partial charge < -0.3 is 15.8 Å². The number of nitrogens with two attached hydrogens (primary N) is 1. The molecule has 0 saturated carbocycles. The lowest BCUT2D eigenvalue weighted by atomic mass is 10.1. The van der Waals surface area contributed by atoms with Crippen LogP contribution in [0.25, 0.3) is 16.9 Å². The van der Waals surface area contributed by atoms with Crippen LogP contribution in [-0.4, -0.2) is 39.2 Å². The predicted octanol–water partition coefficient (Wildman–Crippen LogP) is 3.61. The summed E-state index contributed by atoms with van der Waals surface area (Å²) in [5.74, 6) is -0.244. The molecule has 3 N–H and O–H groups in total. The first-order valence-corrected chi connectivity index (χ1v) is 11.8. The standard InChI is InChI=1S/C28H29N5O3/c1-20-11-13-23(14-12-20)33-27(18-24(32-33)22-9-5-15-30-19-22)36-16-6-10-26(34)31-25(28(29)35)17-21-7-3-2-4-8-21/h2-5,7-9,11-15,18-19,25H,6,10,16-17H2,1H3,(H2,29,35)(H,31,34)/t25-/m0/s1. The normalized spacial score (nSPS) is 11.6. The van der Waals surface area contributed by atoms with E-state index in [-0.39, 0.29) is 12.3 Å². The highest BCUT2D eigenvalue weighted by atomic mass is 16.5. The molecule has 0 aliphatic heterocycles. The lowest BCUT2D eigenvalue weighted by Gasteiger charge is -2.15. The predicted molar refractivity (Wildman–Crippen MR) is 138 cm³/mol. The summed E-state index contributed by atoms with van der Waals surface area (Å²) in [5, 5.41) is 7.45. The summed E-state index contributed by atoms with van der Waals surface area (Å²) in [6.45, 7) is 2.33. The first-order valence-electron chi connectivity index (χ1n) is 11.8. The second kappa shape index (κ2) is 11.8. The van der Waals surface area contributed by atoms with E-state index in [0.29, 0.717) is 25.3 Å². The second-order valence-electron chi connectivity index (χ2n) is 8.52.